The van der Waals surface area contributed by atoms with Gasteiger partial charge in [0, 0.05) is 17.2 Å². The van der Waals surface area contributed by atoms with Crippen LogP contribution in [0.2, 0.25) is 0 Å². The van der Waals surface area contributed by atoms with Gasteiger partial charge in [0.2, 0.25) is 0 Å². The molecule has 2 nitrogen and oxygen atoms in total. The van der Waals surface area contributed by atoms with E-state index in [1.807, 2.05) is 6.92 Å². The molecule has 14 heavy (non-hydrogen) atoms. The van der Waals surface area contributed by atoms with E-state index in [1.165, 1.54) is 12.1 Å². The second-order valence-corrected chi connectivity index (χ2v) is 4.59. The van der Waals surface area contributed by atoms with E-state index in [4.69, 9.17) is 12.2 Å². The quantitative estimate of drug-likeness (QED) is 0.756. The summed E-state index contributed by atoms with van der Waals surface area (Å²) in [6, 6.07) is 0. The molecule has 1 aromatic rings. The van der Waals surface area contributed by atoms with Crippen LogP contribution in [0, 0.1) is 17.5 Å². The number of hydrogen-bond donors (Lipinski definition) is 1. The maximum atomic E-state index is 5.25. The van der Waals surface area contributed by atoms with Crippen molar-refractivity contribution in [3.63, 3.8) is 0 Å². The van der Waals surface area contributed by atoms with Gasteiger partial charge in [-0.15, -0.1) is 0 Å². The Kier molecular flexibility index (Phi) is 2.43. The van der Waals surface area contributed by atoms with Gasteiger partial charge in [-0.3, -0.25) is 0 Å². The number of hydrogen-bond acceptors (Lipinski definition) is 2. The average Bonchev–Trinajstić information content (AvgIpc) is 2.87. The van der Waals surface area contributed by atoms with Crippen LogP contribution < -0.4 is 0 Å². The predicted octanol–water partition coefficient (Wildman–Crippen LogP) is 3.13. The maximum Gasteiger partial charge on any atom is 0.132 e. The molecular formula is C11H16N2S. The Morgan fingerprint density at radius 2 is 2.21 bits per heavy atom. The standard InChI is InChI=1S/C11H16N2S/c1-4-9-7(3)11(14)13-10(12-9)8-5-6(8)2/h6,8H,4-5H2,1-3H3,(H,12,13,14). The van der Waals surface area contributed by atoms with Crippen LogP contribution in [0.25, 0.3) is 0 Å². The van der Waals surface area contributed by atoms with Crippen molar-refractivity contribution in [2.24, 2.45) is 5.92 Å². The first-order valence-corrected chi connectivity index (χ1v) is 5.64. The fourth-order valence-electron chi connectivity index (χ4n) is 1.83. The number of aromatic nitrogens is 2. The van der Waals surface area contributed by atoms with Crippen LogP contribution in [-0.2, 0) is 6.42 Å². The van der Waals surface area contributed by atoms with Gasteiger partial charge in [-0.05, 0) is 25.7 Å². The van der Waals surface area contributed by atoms with E-state index in [0.717, 1.165) is 28.4 Å². The third-order valence-electron chi connectivity index (χ3n) is 3.09. The number of H-pyrrole nitrogens is 1. The molecule has 0 amide bonds. The van der Waals surface area contributed by atoms with E-state index in [-0.39, 0.29) is 0 Å². The van der Waals surface area contributed by atoms with Crippen LogP contribution in [0.1, 0.15) is 43.3 Å². The lowest BCUT2D eigenvalue weighted by Crippen LogP contribution is -2.01. The molecule has 1 aliphatic carbocycles. The summed E-state index contributed by atoms with van der Waals surface area (Å²) in [6.45, 7) is 6.45. The monoisotopic (exact) mass is 208 g/mol. The smallest absolute Gasteiger partial charge is 0.132 e. The number of rotatable bonds is 2. The molecule has 2 atom stereocenters. The third kappa shape index (κ3) is 1.61. The largest absolute Gasteiger partial charge is 0.347 e. The molecule has 2 rings (SSSR count). The molecule has 0 radical (unpaired) electrons. The molecule has 2 unspecified atom stereocenters. The maximum absolute atomic E-state index is 5.25. The highest BCUT2D eigenvalue weighted by molar-refractivity contribution is 7.71. The van der Waals surface area contributed by atoms with Crippen LogP contribution in [0.3, 0.4) is 0 Å². The Hall–Kier alpha value is -0.700. The molecule has 1 fully saturated rings. The molecule has 0 aromatic carbocycles. The van der Waals surface area contributed by atoms with Gasteiger partial charge in [0.15, 0.2) is 0 Å². The predicted molar refractivity (Wildman–Crippen MR) is 60.1 cm³/mol. The summed E-state index contributed by atoms with van der Waals surface area (Å²) >= 11 is 5.25. The first-order chi connectivity index (χ1) is 6.63. The summed E-state index contributed by atoms with van der Waals surface area (Å²) in [5.74, 6) is 2.51. The fourth-order valence-corrected chi connectivity index (χ4v) is 2.05. The summed E-state index contributed by atoms with van der Waals surface area (Å²) < 4.78 is 0.773. The van der Waals surface area contributed by atoms with Gasteiger partial charge in [0.1, 0.15) is 10.5 Å². The van der Waals surface area contributed by atoms with Crippen LogP contribution in [0.15, 0.2) is 0 Å². The van der Waals surface area contributed by atoms with E-state index in [2.05, 4.69) is 23.8 Å². The number of nitrogens with zero attached hydrogens (tertiary/aromatic N) is 1. The lowest BCUT2D eigenvalue weighted by atomic mass is 10.2. The van der Waals surface area contributed by atoms with Gasteiger partial charge in [-0.25, -0.2) is 4.98 Å². The van der Waals surface area contributed by atoms with Gasteiger partial charge in [-0.2, -0.15) is 0 Å². The molecule has 1 heterocycles. The summed E-state index contributed by atoms with van der Waals surface area (Å²) in [7, 11) is 0. The summed E-state index contributed by atoms with van der Waals surface area (Å²) in [4.78, 5) is 7.87. The van der Waals surface area contributed by atoms with Crippen LogP contribution in [0.4, 0.5) is 0 Å². The van der Waals surface area contributed by atoms with Crippen LogP contribution in [0.5, 0.6) is 0 Å². The SMILES string of the molecule is CCc1[nH]c(C2CC2C)nc(=S)c1C. The van der Waals surface area contributed by atoms with Crippen LogP contribution >= 0.6 is 12.2 Å². The summed E-state index contributed by atoms with van der Waals surface area (Å²) in [6.07, 6.45) is 2.26. The van der Waals surface area contributed by atoms with Crippen molar-refractivity contribution < 1.29 is 0 Å². The van der Waals surface area contributed by atoms with E-state index >= 15 is 0 Å². The lowest BCUT2D eigenvalue weighted by Gasteiger charge is -2.06. The molecule has 0 spiro atoms. The molecule has 76 valence electrons. The summed E-state index contributed by atoms with van der Waals surface area (Å²) in [5.41, 5.74) is 2.39. The van der Waals surface area contributed by atoms with Gasteiger partial charge < -0.3 is 4.98 Å². The minimum Gasteiger partial charge on any atom is -0.347 e. The van der Waals surface area contributed by atoms with Crippen molar-refractivity contribution in [3.05, 3.63) is 21.7 Å². The van der Waals surface area contributed by atoms with E-state index in [1.54, 1.807) is 0 Å². The molecule has 1 aliphatic rings. The molecule has 3 heteroatoms. The highest BCUT2D eigenvalue weighted by Gasteiger charge is 2.36. The second-order valence-electron chi connectivity index (χ2n) is 4.20. The minimum absolute atomic E-state index is 0.627. The van der Waals surface area contributed by atoms with Crippen molar-refractivity contribution in [3.8, 4) is 0 Å². The Morgan fingerprint density at radius 1 is 1.57 bits per heavy atom. The topological polar surface area (TPSA) is 28.7 Å². The van der Waals surface area contributed by atoms with Gasteiger partial charge >= 0.3 is 0 Å². The zero-order valence-corrected chi connectivity index (χ0v) is 9.74. The van der Waals surface area contributed by atoms with E-state index < -0.39 is 0 Å². The highest BCUT2D eigenvalue weighted by Crippen LogP contribution is 2.45. The van der Waals surface area contributed by atoms with E-state index in [0.29, 0.717) is 5.92 Å². The van der Waals surface area contributed by atoms with Crippen LogP contribution in [-0.4, -0.2) is 9.97 Å². The van der Waals surface area contributed by atoms with E-state index in [9.17, 15) is 0 Å². The normalized spacial score (nSPS) is 25.1. The number of aryl methyl sites for hydroxylation is 1. The molecular weight excluding hydrogens is 192 g/mol. The zero-order valence-electron chi connectivity index (χ0n) is 8.92. The van der Waals surface area contributed by atoms with Gasteiger partial charge in [0.25, 0.3) is 0 Å². The third-order valence-corrected chi connectivity index (χ3v) is 3.49. The van der Waals surface area contributed by atoms with Crippen molar-refractivity contribution in [2.45, 2.75) is 39.5 Å². The molecule has 0 aliphatic heterocycles. The average molecular weight is 208 g/mol. The zero-order chi connectivity index (χ0) is 10.3. The first kappa shape index (κ1) is 9.84. The van der Waals surface area contributed by atoms with Crippen molar-refractivity contribution in [2.75, 3.05) is 0 Å². The number of nitrogens with one attached hydrogen (secondary N) is 1. The fraction of sp³-hybridized carbons (Fsp3) is 0.636. The highest BCUT2D eigenvalue weighted by atomic mass is 32.1. The minimum atomic E-state index is 0.627. The Balaban J connectivity index is 2.44. The molecule has 0 bridgehead atoms. The first-order valence-electron chi connectivity index (χ1n) is 5.23. The second kappa shape index (κ2) is 3.46. The number of aromatic amines is 1. The lowest BCUT2D eigenvalue weighted by molar-refractivity contribution is 0.809. The van der Waals surface area contributed by atoms with Crippen molar-refractivity contribution >= 4 is 12.2 Å². The molecule has 1 N–H and O–H groups in total. The van der Waals surface area contributed by atoms with Crippen molar-refractivity contribution in [1.29, 1.82) is 0 Å². The van der Waals surface area contributed by atoms with Crippen molar-refractivity contribution in [1.82, 2.24) is 9.97 Å². The molecule has 1 aromatic heterocycles. The molecule has 1 saturated carbocycles. The van der Waals surface area contributed by atoms with Gasteiger partial charge in [0.05, 0.1) is 0 Å². The Labute approximate surface area is 89.8 Å². The molecule has 0 saturated heterocycles. The Morgan fingerprint density at radius 3 is 2.71 bits per heavy atom. The Bertz CT molecular complexity index is 408. The summed E-state index contributed by atoms with van der Waals surface area (Å²) in [5, 5.41) is 0. The van der Waals surface area contributed by atoms with Gasteiger partial charge in [-0.1, -0.05) is 26.1 Å².